The predicted molar refractivity (Wildman–Crippen MR) is 139 cm³/mol. The van der Waals surface area contributed by atoms with Crippen LogP contribution in [0.3, 0.4) is 0 Å². The molecule has 1 heterocycles. The minimum absolute atomic E-state index is 0.0678. The molecular formula is C28H39N3O3. The zero-order valence-electron chi connectivity index (χ0n) is 20.5. The molecule has 6 heteroatoms. The van der Waals surface area contributed by atoms with E-state index >= 15 is 0 Å². The van der Waals surface area contributed by atoms with E-state index in [1.807, 2.05) is 53.4 Å². The topological polar surface area (TPSA) is 70.7 Å². The molecule has 2 amide bonds. The van der Waals surface area contributed by atoms with E-state index in [1.54, 1.807) is 0 Å². The largest absolute Gasteiger partial charge is 0.494 e. The third-order valence-electron chi connectivity index (χ3n) is 6.11. The van der Waals surface area contributed by atoms with Crippen molar-refractivity contribution in [2.75, 3.05) is 36.9 Å². The van der Waals surface area contributed by atoms with Gasteiger partial charge in [-0.15, -0.1) is 0 Å². The van der Waals surface area contributed by atoms with Crippen molar-refractivity contribution in [1.82, 2.24) is 4.90 Å². The highest BCUT2D eigenvalue weighted by atomic mass is 16.5. The number of amides is 2. The molecule has 1 aliphatic rings. The number of likely N-dealkylation sites (tertiary alicyclic amines) is 1. The molecule has 1 fully saturated rings. The predicted octanol–water partition coefficient (Wildman–Crippen LogP) is 6.10. The van der Waals surface area contributed by atoms with Crippen LogP contribution in [0.4, 0.5) is 11.4 Å². The number of carbonyl (C=O) groups excluding carboxylic acids is 2. The minimum Gasteiger partial charge on any atom is -0.494 e. The number of nitrogens with one attached hydrogen (secondary N) is 2. The van der Waals surface area contributed by atoms with Crippen molar-refractivity contribution >= 4 is 23.2 Å². The molecule has 34 heavy (non-hydrogen) atoms. The van der Waals surface area contributed by atoms with Gasteiger partial charge in [0, 0.05) is 30.0 Å². The summed E-state index contributed by atoms with van der Waals surface area (Å²) in [6.07, 6.45) is 10.6. The maximum atomic E-state index is 12.8. The average molecular weight is 466 g/mol. The summed E-state index contributed by atoms with van der Waals surface area (Å²) in [6.45, 7) is 4.70. The first-order chi connectivity index (χ1) is 16.7. The number of anilines is 2. The van der Waals surface area contributed by atoms with Gasteiger partial charge in [0.25, 0.3) is 5.91 Å². The molecule has 2 N–H and O–H groups in total. The van der Waals surface area contributed by atoms with E-state index in [9.17, 15) is 9.59 Å². The summed E-state index contributed by atoms with van der Waals surface area (Å²) in [4.78, 5) is 27.2. The molecule has 0 saturated carbocycles. The van der Waals surface area contributed by atoms with Crippen LogP contribution in [0.15, 0.2) is 48.5 Å². The van der Waals surface area contributed by atoms with Gasteiger partial charge in [-0.3, -0.25) is 9.59 Å². The standard InChI is InChI=1S/C28H39N3O3/c1-2-3-4-7-10-20-34-26-16-14-24(15-17-26)30-27(32)22-29-25-13-11-12-23(21-25)28(33)31-18-8-5-6-9-19-31/h11-17,21,29H,2-10,18-20,22H2,1H3,(H,30,32). The van der Waals surface area contributed by atoms with Crippen molar-refractivity contribution in [2.45, 2.75) is 64.7 Å². The fourth-order valence-corrected chi connectivity index (χ4v) is 4.14. The lowest BCUT2D eigenvalue weighted by atomic mass is 10.1. The fourth-order valence-electron chi connectivity index (χ4n) is 4.14. The van der Waals surface area contributed by atoms with Crippen LogP contribution in [-0.4, -0.2) is 43.0 Å². The number of rotatable bonds is 12. The number of hydrogen-bond donors (Lipinski definition) is 2. The molecule has 2 aromatic carbocycles. The van der Waals surface area contributed by atoms with E-state index in [0.717, 1.165) is 56.1 Å². The Hall–Kier alpha value is -3.02. The van der Waals surface area contributed by atoms with Gasteiger partial charge in [0.2, 0.25) is 5.91 Å². The highest BCUT2D eigenvalue weighted by molar-refractivity contribution is 5.96. The molecule has 2 aromatic rings. The molecule has 0 atom stereocenters. The van der Waals surface area contributed by atoms with E-state index < -0.39 is 0 Å². The van der Waals surface area contributed by atoms with Crippen molar-refractivity contribution in [1.29, 1.82) is 0 Å². The van der Waals surface area contributed by atoms with Crippen molar-refractivity contribution in [3.05, 3.63) is 54.1 Å². The zero-order chi connectivity index (χ0) is 24.0. The zero-order valence-corrected chi connectivity index (χ0v) is 20.5. The Labute approximate surface area is 204 Å². The molecular weight excluding hydrogens is 426 g/mol. The molecule has 0 aliphatic carbocycles. The monoisotopic (exact) mass is 465 g/mol. The Bertz CT molecular complexity index is 890. The first-order valence-corrected chi connectivity index (χ1v) is 12.8. The maximum absolute atomic E-state index is 12.8. The van der Waals surface area contributed by atoms with Crippen molar-refractivity contribution in [3.8, 4) is 5.75 Å². The normalized spacial score (nSPS) is 13.7. The highest BCUT2D eigenvalue weighted by Gasteiger charge is 2.17. The number of unbranched alkanes of at least 4 members (excludes halogenated alkanes) is 4. The number of nitrogens with zero attached hydrogens (tertiary/aromatic N) is 1. The second-order valence-corrected chi connectivity index (χ2v) is 8.98. The molecule has 0 radical (unpaired) electrons. The van der Waals surface area contributed by atoms with Crippen LogP contribution in [0.25, 0.3) is 0 Å². The molecule has 3 rings (SSSR count). The first kappa shape index (κ1) is 25.6. The Morgan fingerprint density at radius 1 is 0.882 bits per heavy atom. The Morgan fingerprint density at radius 2 is 1.62 bits per heavy atom. The van der Waals surface area contributed by atoms with Crippen LogP contribution in [0.2, 0.25) is 0 Å². The molecule has 6 nitrogen and oxygen atoms in total. The number of hydrogen-bond acceptors (Lipinski definition) is 4. The smallest absolute Gasteiger partial charge is 0.253 e. The Kier molecular flexibility index (Phi) is 10.8. The van der Waals surface area contributed by atoms with Gasteiger partial charge in [-0.1, -0.05) is 51.5 Å². The molecule has 1 saturated heterocycles. The van der Waals surface area contributed by atoms with Crippen molar-refractivity contribution in [3.63, 3.8) is 0 Å². The lowest BCUT2D eigenvalue weighted by molar-refractivity contribution is -0.114. The molecule has 0 unspecified atom stereocenters. The molecule has 0 aromatic heterocycles. The van der Waals surface area contributed by atoms with E-state index in [2.05, 4.69) is 17.6 Å². The summed E-state index contributed by atoms with van der Waals surface area (Å²) in [5, 5.41) is 6.02. The second kappa shape index (κ2) is 14.3. The molecule has 1 aliphatic heterocycles. The third-order valence-corrected chi connectivity index (χ3v) is 6.11. The summed E-state index contributed by atoms with van der Waals surface area (Å²) in [7, 11) is 0. The van der Waals surface area contributed by atoms with Gasteiger partial charge in [-0.05, 0) is 61.7 Å². The first-order valence-electron chi connectivity index (χ1n) is 12.8. The minimum atomic E-state index is -0.145. The van der Waals surface area contributed by atoms with Crippen LogP contribution in [0, 0.1) is 0 Å². The maximum Gasteiger partial charge on any atom is 0.253 e. The molecule has 0 bridgehead atoms. The second-order valence-electron chi connectivity index (χ2n) is 8.98. The van der Waals surface area contributed by atoms with Gasteiger partial charge in [0.15, 0.2) is 0 Å². The van der Waals surface area contributed by atoms with Crippen molar-refractivity contribution < 1.29 is 14.3 Å². The molecule has 184 valence electrons. The van der Waals surface area contributed by atoms with Crippen LogP contribution >= 0.6 is 0 Å². The summed E-state index contributed by atoms with van der Waals surface area (Å²) >= 11 is 0. The summed E-state index contributed by atoms with van der Waals surface area (Å²) in [6, 6.07) is 14.9. The van der Waals surface area contributed by atoms with Crippen molar-refractivity contribution in [2.24, 2.45) is 0 Å². The van der Waals surface area contributed by atoms with E-state index in [1.165, 1.54) is 38.5 Å². The van der Waals surface area contributed by atoms with Gasteiger partial charge >= 0.3 is 0 Å². The third kappa shape index (κ3) is 8.73. The van der Waals surface area contributed by atoms with Crippen LogP contribution in [0.5, 0.6) is 5.75 Å². The Balaban J connectivity index is 1.41. The van der Waals surface area contributed by atoms with E-state index in [-0.39, 0.29) is 18.4 Å². The summed E-state index contributed by atoms with van der Waals surface area (Å²) in [5.41, 5.74) is 2.15. The van der Waals surface area contributed by atoms with Gasteiger partial charge in [-0.2, -0.15) is 0 Å². The van der Waals surface area contributed by atoms with E-state index in [4.69, 9.17) is 4.74 Å². The van der Waals surface area contributed by atoms with Crippen LogP contribution < -0.4 is 15.4 Å². The number of ether oxygens (including phenoxy) is 1. The molecule has 0 spiro atoms. The van der Waals surface area contributed by atoms with Gasteiger partial charge < -0.3 is 20.3 Å². The van der Waals surface area contributed by atoms with Gasteiger partial charge in [-0.25, -0.2) is 0 Å². The Morgan fingerprint density at radius 3 is 2.35 bits per heavy atom. The van der Waals surface area contributed by atoms with Gasteiger partial charge in [0.1, 0.15) is 5.75 Å². The fraction of sp³-hybridized carbons (Fsp3) is 0.500. The van der Waals surface area contributed by atoms with Crippen LogP contribution in [0.1, 0.15) is 75.1 Å². The summed E-state index contributed by atoms with van der Waals surface area (Å²) in [5.74, 6) is 0.740. The SMILES string of the molecule is CCCCCCCOc1ccc(NC(=O)CNc2cccc(C(=O)N3CCCCCC3)c2)cc1. The van der Waals surface area contributed by atoms with Crippen LogP contribution in [-0.2, 0) is 4.79 Å². The number of carbonyl (C=O) groups is 2. The van der Waals surface area contributed by atoms with E-state index in [0.29, 0.717) is 5.56 Å². The highest BCUT2D eigenvalue weighted by Crippen LogP contribution is 2.18. The quantitative estimate of drug-likeness (QED) is 0.372. The number of benzene rings is 2. The lowest BCUT2D eigenvalue weighted by Gasteiger charge is -2.20. The average Bonchev–Trinajstić information content (AvgIpc) is 3.15. The summed E-state index contributed by atoms with van der Waals surface area (Å²) < 4.78 is 5.78. The lowest BCUT2D eigenvalue weighted by Crippen LogP contribution is -2.31. The van der Waals surface area contributed by atoms with Gasteiger partial charge in [0.05, 0.1) is 13.2 Å².